The highest BCUT2D eigenvalue weighted by Gasteiger charge is 2.33. The second-order valence-corrected chi connectivity index (χ2v) is 15.6. The van der Waals surface area contributed by atoms with Crippen molar-refractivity contribution in [3.05, 3.63) is 191 Å². The SMILES string of the molecule is N#Cc1cc(C#N)cc(-c2ccc3c4ccccc4n(-c4cc(C#N)cc(-n5c6ccccc6c6ccc(-c7cc(C#N)cc(C#N)c7)cc65)c4-c4cc(C#N)cc(C(F)(F)F)c4)c3c2)c1. The Morgan fingerprint density at radius 2 is 0.697 bits per heavy atom. The van der Waals surface area contributed by atoms with E-state index in [1.165, 1.54) is 18.2 Å². The van der Waals surface area contributed by atoms with Crippen LogP contribution in [0, 0.1) is 68.0 Å². The average Bonchev–Trinajstić information content (AvgIpc) is 3.87. The lowest BCUT2D eigenvalue weighted by atomic mass is 9.94. The van der Waals surface area contributed by atoms with E-state index >= 15 is 0 Å². The first kappa shape index (κ1) is 40.2. The Bertz CT molecular complexity index is 3740. The molecule has 2 heterocycles. The summed E-state index contributed by atoms with van der Waals surface area (Å²) in [5.41, 5.74) is 6.10. The number of halogens is 3. The van der Waals surface area contributed by atoms with E-state index in [0.29, 0.717) is 55.7 Å². The van der Waals surface area contributed by atoms with Crippen LogP contribution in [0.5, 0.6) is 0 Å². The first-order valence-corrected chi connectivity index (χ1v) is 20.2. The normalized spacial score (nSPS) is 11.2. The number of hydrogen-bond acceptors (Lipinski definition) is 6. The van der Waals surface area contributed by atoms with Crippen molar-refractivity contribution in [1.82, 2.24) is 9.13 Å². The van der Waals surface area contributed by atoms with Gasteiger partial charge in [0.25, 0.3) is 0 Å². The molecule has 0 radical (unpaired) electrons. The van der Waals surface area contributed by atoms with Crippen LogP contribution in [-0.4, -0.2) is 9.13 Å². The van der Waals surface area contributed by atoms with Crippen LogP contribution in [0.2, 0.25) is 0 Å². The van der Waals surface area contributed by atoms with Crippen LogP contribution in [0.4, 0.5) is 13.2 Å². The fourth-order valence-electron chi connectivity index (χ4n) is 8.99. The number of aromatic nitrogens is 2. The molecule has 8 nitrogen and oxygen atoms in total. The molecule has 306 valence electrons. The molecule has 10 aromatic rings. The van der Waals surface area contributed by atoms with Crippen LogP contribution in [0.3, 0.4) is 0 Å². The number of hydrogen-bond donors (Lipinski definition) is 0. The molecule has 0 bridgehead atoms. The summed E-state index contributed by atoms with van der Waals surface area (Å²) in [6.07, 6.45) is -4.83. The molecule has 10 rings (SSSR count). The highest BCUT2D eigenvalue weighted by molar-refractivity contribution is 6.13. The maximum Gasteiger partial charge on any atom is 0.416 e. The fraction of sp³-hybridized carbons (Fsp3) is 0.0182. The maximum absolute atomic E-state index is 14.9. The zero-order chi connectivity index (χ0) is 45.9. The first-order chi connectivity index (χ1) is 32.0. The number of nitrogens with zero attached hydrogens (tertiary/aromatic N) is 8. The van der Waals surface area contributed by atoms with Crippen LogP contribution in [-0.2, 0) is 6.18 Å². The summed E-state index contributed by atoms with van der Waals surface area (Å²) in [6, 6.07) is 55.3. The number of nitriles is 6. The summed E-state index contributed by atoms with van der Waals surface area (Å²) in [6.45, 7) is 0. The van der Waals surface area contributed by atoms with Crippen molar-refractivity contribution in [3.63, 3.8) is 0 Å². The van der Waals surface area contributed by atoms with Crippen molar-refractivity contribution in [2.45, 2.75) is 6.18 Å². The van der Waals surface area contributed by atoms with Gasteiger partial charge in [-0.2, -0.15) is 44.7 Å². The second kappa shape index (κ2) is 15.5. The van der Waals surface area contributed by atoms with Gasteiger partial charge in [-0.05, 0) is 119 Å². The third-order valence-corrected chi connectivity index (χ3v) is 11.8. The van der Waals surface area contributed by atoms with E-state index in [1.807, 2.05) is 100 Å². The van der Waals surface area contributed by atoms with Crippen molar-refractivity contribution in [2.24, 2.45) is 0 Å². The molecule has 2 aromatic heterocycles. The van der Waals surface area contributed by atoms with Crippen LogP contribution < -0.4 is 0 Å². The molecule has 11 heteroatoms. The maximum atomic E-state index is 14.9. The van der Waals surface area contributed by atoms with E-state index in [-0.39, 0.29) is 44.5 Å². The van der Waals surface area contributed by atoms with E-state index in [9.17, 15) is 44.7 Å². The van der Waals surface area contributed by atoms with E-state index < -0.39 is 11.7 Å². The van der Waals surface area contributed by atoms with E-state index in [4.69, 9.17) is 0 Å². The van der Waals surface area contributed by atoms with Gasteiger partial charge in [0, 0.05) is 27.1 Å². The van der Waals surface area contributed by atoms with Gasteiger partial charge < -0.3 is 9.13 Å². The van der Waals surface area contributed by atoms with Crippen molar-refractivity contribution in [1.29, 1.82) is 31.6 Å². The minimum atomic E-state index is -4.83. The number of fused-ring (bicyclic) bond motifs is 6. The Labute approximate surface area is 374 Å². The molecular weight excluding hydrogens is 830 g/mol. The van der Waals surface area contributed by atoms with E-state index in [2.05, 4.69) is 30.3 Å². The monoisotopic (exact) mass is 854 g/mol. The lowest BCUT2D eigenvalue weighted by Crippen LogP contribution is -2.08. The van der Waals surface area contributed by atoms with Gasteiger partial charge in [-0.3, -0.25) is 0 Å². The van der Waals surface area contributed by atoms with Gasteiger partial charge in [-0.15, -0.1) is 0 Å². The van der Waals surface area contributed by atoms with Crippen LogP contribution >= 0.6 is 0 Å². The molecule has 0 fully saturated rings. The topological polar surface area (TPSA) is 153 Å². The molecule has 0 spiro atoms. The molecule has 8 aromatic carbocycles. The van der Waals surface area contributed by atoms with Crippen LogP contribution in [0.25, 0.3) is 88.4 Å². The van der Waals surface area contributed by atoms with Crippen molar-refractivity contribution >= 4 is 43.6 Å². The Morgan fingerprint density at radius 1 is 0.333 bits per heavy atom. The zero-order valence-electron chi connectivity index (χ0n) is 34.1. The van der Waals surface area contributed by atoms with Gasteiger partial charge >= 0.3 is 6.18 Å². The highest BCUT2D eigenvalue weighted by atomic mass is 19.4. The van der Waals surface area contributed by atoms with Crippen molar-refractivity contribution in [3.8, 4) is 81.2 Å². The summed E-state index contributed by atoms with van der Waals surface area (Å²) in [5, 5.41) is 63.6. The molecule has 0 atom stereocenters. The van der Waals surface area contributed by atoms with Gasteiger partial charge in [0.1, 0.15) is 0 Å². The predicted octanol–water partition coefficient (Wildman–Crippen LogP) is 13.1. The van der Waals surface area contributed by atoms with Gasteiger partial charge in [-0.1, -0.05) is 60.7 Å². The minimum Gasteiger partial charge on any atom is -0.308 e. The molecule has 0 saturated carbocycles. The summed E-state index contributed by atoms with van der Waals surface area (Å²) in [5.74, 6) is 0. The summed E-state index contributed by atoms with van der Waals surface area (Å²) >= 11 is 0. The molecule has 0 aliphatic heterocycles. The number of alkyl halides is 3. The average molecular weight is 855 g/mol. The quantitative estimate of drug-likeness (QED) is 0.168. The molecular formula is C55H25F3N8. The standard InChI is InChI=1S/C55H25F3N8/c56-55(57,58)43-20-36(30-63)19-42(23-43)54-52(65-48-7-3-1-5-44(48)46-11-9-38(24-50(46)65)40-15-32(26-59)13-33(16-40)27-60)21-37(31-64)22-53(54)66-49-8-4-2-6-45(49)47-12-10-39(25-51(47)66)41-17-34(28-61)14-35(18-41)29-62/h1-25H. The molecule has 0 amide bonds. The largest absolute Gasteiger partial charge is 0.416 e. The lowest BCUT2D eigenvalue weighted by Gasteiger charge is -2.22. The third-order valence-electron chi connectivity index (χ3n) is 11.8. The Kier molecular flexibility index (Phi) is 9.41. The molecule has 0 N–H and O–H groups in total. The molecule has 0 aliphatic carbocycles. The van der Waals surface area contributed by atoms with Gasteiger partial charge in [0.2, 0.25) is 0 Å². The second-order valence-electron chi connectivity index (χ2n) is 15.6. The first-order valence-electron chi connectivity index (χ1n) is 20.2. The van der Waals surface area contributed by atoms with Crippen LogP contribution in [0.1, 0.15) is 38.9 Å². The number of para-hydroxylation sites is 2. The lowest BCUT2D eigenvalue weighted by molar-refractivity contribution is -0.137. The van der Waals surface area contributed by atoms with Gasteiger partial charge in [0.15, 0.2) is 0 Å². The molecule has 0 aliphatic rings. The Morgan fingerprint density at radius 3 is 1.11 bits per heavy atom. The van der Waals surface area contributed by atoms with E-state index in [0.717, 1.165) is 33.7 Å². The van der Waals surface area contributed by atoms with Gasteiger partial charge in [0.05, 0.1) is 109 Å². The number of benzene rings is 8. The van der Waals surface area contributed by atoms with Gasteiger partial charge in [-0.25, -0.2) is 0 Å². The smallest absolute Gasteiger partial charge is 0.308 e. The van der Waals surface area contributed by atoms with Crippen molar-refractivity contribution < 1.29 is 13.2 Å². The molecule has 0 unspecified atom stereocenters. The highest BCUT2D eigenvalue weighted by Crippen LogP contribution is 2.45. The molecule has 0 saturated heterocycles. The zero-order valence-corrected chi connectivity index (χ0v) is 34.1. The number of rotatable bonds is 5. The Balaban J connectivity index is 1.38. The summed E-state index contributed by atoms with van der Waals surface area (Å²) in [4.78, 5) is 0. The predicted molar refractivity (Wildman–Crippen MR) is 245 cm³/mol. The third kappa shape index (κ3) is 6.59. The van der Waals surface area contributed by atoms with Crippen molar-refractivity contribution in [2.75, 3.05) is 0 Å². The fourth-order valence-corrected chi connectivity index (χ4v) is 8.99. The summed E-state index contributed by atoms with van der Waals surface area (Å²) < 4.78 is 48.4. The minimum absolute atomic E-state index is 0.0563. The van der Waals surface area contributed by atoms with Crippen LogP contribution in [0.15, 0.2) is 152 Å². The Hall–Kier alpha value is -9.91. The molecule has 66 heavy (non-hydrogen) atoms. The summed E-state index contributed by atoms with van der Waals surface area (Å²) in [7, 11) is 0. The van der Waals surface area contributed by atoms with E-state index in [1.54, 1.807) is 36.4 Å².